The molecule has 1 N–H and O–H groups in total. The smallest absolute Gasteiger partial charge is 0.408 e. The lowest BCUT2D eigenvalue weighted by Crippen LogP contribution is -2.58. The molecule has 0 aromatic rings. The molecule has 1 aliphatic carbocycles. The molecule has 2 atom stereocenters. The molecule has 31 heavy (non-hydrogen) atoms. The van der Waals surface area contributed by atoms with E-state index in [2.05, 4.69) is 5.32 Å². The quantitative estimate of drug-likeness (QED) is 0.700. The van der Waals surface area contributed by atoms with Gasteiger partial charge in [-0.2, -0.15) is 0 Å². The SMILES string of the molecule is CN(C)C(=O)C(C1CCC(=O)CC1)[C@H](NC(=O)OC(C)(C)C)C(=O)N1CCC(F)(F)C1. The number of alkyl carbamates (subject to hydrolysis) is 1. The van der Waals surface area contributed by atoms with E-state index in [1.807, 2.05) is 0 Å². The number of carbonyl (C=O) groups excluding carboxylic acids is 4. The Labute approximate surface area is 181 Å². The minimum Gasteiger partial charge on any atom is -0.444 e. The van der Waals surface area contributed by atoms with Gasteiger partial charge in [0.15, 0.2) is 0 Å². The molecule has 10 heteroatoms. The van der Waals surface area contributed by atoms with E-state index < -0.39 is 54.4 Å². The Bertz CT molecular complexity index is 710. The van der Waals surface area contributed by atoms with Gasteiger partial charge in [-0.15, -0.1) is 0 Å². The summed E-state index contributed by atoms with van der Waals surface area (Å²) in [5, 5.41) is 2.49. The van der Waals surface area contributed by atoms with Crippen molar-refractivity contribution in [2.24, 2.45) is 11.8 Å². The van der Waals surface area contributed by atoms with Crippen LogP contribution in [0.1, 0.15) is 52.9 Å². The van der Waals surface area contributed by atoms with Gasteiger partial charge in [0.1, 0.15) is 17.4 Å². The summed E-state index contributed by atoms with van der Waals surface area (Å²) in [7, 11) is 3.06. The second-order valence-electron chi connectivity index (χ2n) is 9.62. The highest BCUT2D eigenvalue weighted by atomic mass is 19.3. The maximum absolute atomic E-state index is 13.8. The Morgan fingerprint density at radius 2 is 1.77 bits per heavy atom. The summed E-state index contributed by atoms with van der Waals surface area (Å²) in [6, 6.07) is -1.36. The lowest BCUT2D eigenvalue weighted by molar-refractivity contribution is -0.145. The van der Waals surface area contributed by atoms with Crippen LogP contribution in [0.3, 0.4) is 0 Å². The average Bonchev–Trinajstić information content (AvgIpc) is 3.00. The molecule has 176 valence electrons. The molecule has 3 amide bonds. The molecule has 0 aromatic heterocycles. The van der Waals surface area contributed by atoms with Crippen LogP contribution in [0.2, 0.25) is 0 Å². The third-order valence-corrected chi connectivity index (χ3v) is 5.60. The first-order chi connectivity index (χ1) is 14.2. The molecule has 2 fully saturated rings. The van der Waals surface area contributed by atoms with Crippen molar-refractivity contribution in [2.45, 2.75) is 70.4 Å². The van der Waals surface area contributed by atoms with Gasteiger partial charge in [-0.05, 0) is 39.5 Å². The number of nitrogens with zero attached hydrogens (tertiary/aromatic N) is 2. The molecular formula is C21H33F2N3O5. The Kier molecular flexibility index (Phi) is 7.65. The summed E-state index contributed by atoms with van der Waals surface area (Å²) in [6.45, 7) is 4.04. The molecular weight excluding hydrogens is 412 g/mol. The van der Waals surface area contributed by atoms with Crippen molar-refractivity contribution in [1.82, 2.24) is 15.1 Å². The van der Waals surface area contributed by atoms with Gasteiger partial charge < -0.3 is 19.9 Å². The molecule has 0 aromatic carbocycles. The van der Waals surface area contributed by atoms with Crippen LogP contribution in [-0.2, 0) is 19.1 Å². The summed E-state index contributed by atoms with van der Waals surface area (Å²) < 4.78 is 32.8. The molecule has 0 bridgehead atoms. The van der Waals surface area contributed by atoms with Gasteiger partial charge in [-0.1, -0.05) is 0 Å². The minimum absolute atomic E-state index is 0.0782. The zero-order chi connectivity index (χ0) is 23.6. The molecule has 0 radical (unpaired) electrons. The highest BCUT2D eigenvalue weighted by Crippen LogP contribution is 2.34. The van der Waals surface area contributed by atoms with Gasteiger partial charge in [0.2, 0.25) is 11.8 Å². The van der Waals surface area contributed by atoms with Gasteiger partial charge in [0, 0.05) is 39.9 Å². The predicted molar refractivity (Wildman–Crippen MR) is 108 cm³/mol. The number of Topliss-reactive ketones (excluding diaryl/α,β-unsaturated/α-hetero) is 1. The fourth-order valence-corrected chi connectivity index (χ4v) is 4.10. The number of hydrogen-bond acceptors (Lipinski definition) is 5. The number of halogens is 2. The van der Waals surface area contributed by atoms with Crippen molar-refractivity contribution in [3.05, 3.63) is 0 Å². The monoisotopic (exact) mass is 445 g/mol. The zero-order valence-corrected chi connectivity index (χ0v) is 18.9. The van der Waals surface area contributed by atoms with Gasteiger partial charge in [-0.3, -0.25) is 14.4 Å². The molecule has 2 aliphatic rings. The van der Waals surface area contributed by atoms with E-state index in [4.69, 9.17) is 4.74 Å². The Balaban J connectivity index is 2.37. The van der Waals surface area contributed by atoms with E-state index in [0.29, 0.717) is 12.8 Å². The second-order valence-corrected chi connectivity index (χ2v) is 9.62. The van der Waals surface area contributed by atoms with Crippen LogP contribution in [0, 0.1) is 11.8 Å². The fourth-order valence-electron chi connectivity index (χ4n) is 4.10. The highest BCUT2D eigenvalue weighted by molar-refractivity contribution is 5.93. The number of carbonyl (C=O) groups is 4. The summed E-state index contributed by atoms with van der Waals surface area (Å²) >= 11 is 0. The van der Waals surface area contributed by atoms with E-state index >= 15 is 0 Å². The maximum Gasteiger partial charge on any atom is 0.408 e. The first-order valence-electron chi connectivity index (χ1n) is 10.6. The number of ketones is 1. The Hall–Kier alpha value is -2.26. The van der Waals surface area contributed by atoms with Crippen molar-refractivity contribution in [3.63, 3.8) is 0 Å². The van der Waals surface area contributed by atoms with E-state index in [-0.39, 0.29) is 31.1 Å². The number of hydrogen-bond donors (Lipinski definition) is 1. The number of alkyl halides is 2. The molecule has 1 aliphatic heterocycles. The molecule has 1 heterocycles. The van der Waals surface area contributed by atoms with Crippen LogP contribution in [-0.4, -0.2) is 78.2 Å². The first-order valence-corrected chi connectivity index (χ1v) is 10.6. The first kappa shape index (κ1) is 25.0. The lowest BCUT2D eigenvalue weighted by atomic mass is 9.75. The minimum atomic E-state index is -3.01. The van der Waals surface area contributed by atoms with Crippen LogP contribution < -0.4 is 5.32 Å². The van der Waals surface area contributed by atoms with Gasteiger partial charge in [0.05, 0.1) is 12.5 Å². The van der Waals surface area contributed by atoms with E-state index in [1.165, 1.54) is 19.0 Å². The molecule has 1 saturated heterocycles. The van der Waals surface area contributed by atoms with Crippen LogP contribution in [0.15, 0.2) is 0 Å². The topological polar surface area (TPSA) is 96.0 Å². The normalized spacial score (nSPS) is 21.4. The molecule has 0 spiro atoms. The largest absolute Gasteiger partial charge is 0.444 e. The Morgan fingerprint density at radius 3 is 2.23 bits per heavy atom. The van der Waals surface area contributed by atoms with Gasteiger partial charge >= 0.3 is 6.09 Å². The van der Waals surface area contributed by atoms with Crippen molar-refractivity contribution >= 4 is 23.7 Å². The van der Waals surface area contributed by atoms with Crippen molar-refractivity contribution in [2.75, 3.05) is 27.2 Å². The summed E-state index contributed by atoms with van der Waals surface area (Å²) in [5.74, 6) is -5.41. The fraction of sp³-hybridized carbons (Fsp3) is 0.810. The molecule has 1 unspecified atom stereocenters. The molecule has 2 rings (SSSR count). The van der Waals surface area contributed by atoms with Crippen LogP contribution >= 0.6 is 0 Å². The summed E-state index contributed by atoms with van der Waals surface area (Å²) in [4.78, 5) is 52.9. The number of amides is 3. The van der Waals surface area contributed by atoms with E-state index in [9.17, 15) is 28.0 Å². The molecule has 1 saturated carbocycles. The third-order valence-electron chi connectivity index (χ3n) is 5.60. The number of likely N-dealkylation sites (tertiary alicyclic amines) is 1. The van der Waals surface area contributed by atoms with Crippen LogP contribution in [0.4, 0.5) is 13.6 Å². The van der Waals surface area contributed by atoms with E-state index in [0.717, 1.165) is 4.90 Å². The van der Waals surface area contributed by atoms with Gasteiger partial charge in [0.25, 0.3) is 5.92 Å². The lowest BCUT2D eigenvalue weighted by Gasteiger charge is -2.37. The average molecular weight is 446 g/mol. The maximum atomic E-state index is 13.8. The van der Waals surface area contributed by atoms with Crippen LogP contribution in [0.5, 0.6) is 0 Å². The molecule has 8 nitrogen and oxygen atoms in total. The number of rotatable bonds is 5. The summed E-state index contributed by atoms with van der Waals surface area (Å²) in [5.41, 5.74) is -0.851. The second kappa shape index (κ2) is 9.48. The summed E-state index contributed by atoms with van der Waals surface area (Å²) in [6.07, 6.45) is -0.0472. The predicted octanol–water partition coefficient (Wildman–Crippen LogP) is 2.21. The Morgan fingerprint density at radius 1 is 1.19 bits per heavy atom. The third kappa shape index (κ3) is 6.87. The van der Waals surface area contributed by atoms with Crippen LogP contribution in [0.25, 0.3) is 0 Å². The standard InChI is InChI=1S/C21H33F2N3O5/c1-20(2,3)31-19(30)24-16(18(29)26-11-10-21(22,23)12-26)15(17(28)25(4)5)13-6-8-14(27)9-7-13/h13,15-16H,6-12H2,1-5H3,(H,24,30)/t15?,16-/m0/s1. The number of ether oxygens (including phenoxy) is 1. The van der Waals surface area contributed by atoms with Crippen molar-refractivity contribution in [3.8, 4) is 0 Å². The number of nitrogens with one attached hydrogen (secondary N) is 1. The van der Waals surface area contributed by atoms with Crippen molar-refractivity contribution < 1.29 is 32.7 Å². The van der Waals surface area contributed by atoms with Crippen molar-refractivity contribution in [1.29, 1.82) is 0 Å². The highest BCUT2D eigenvalue weighted by Gasteiger charge is 2.48. The zero-order valence-electron chi connectivity index (χ0n) is 18.9. The van der Waals surface area contributed by atoms with E-state index in [1.54, 1.807) is 20.8 Å². The van der Waals surface area contributed by atoms with Gasteiger partial charge in [-0.25, -0.2) is 13.6 Å².